The Labute approximate surface area is 170 Å². The molecule has 0 bridgehead atoms. The van der Waals surface area contributed by atoms with E-state index in [0.717, 1.165) is 39.7 Å². The fraction of sp³-hybridized carbons (Fsp3) is 0.217. The number of nitrogens with one attached hydrogen (secondary N) is 1. The number of hydrogen-bond donors (Lipinski definition) is 1. The van der Waals surface area contributed by atoms with Crippen molar-refractivity contribution in [1.82, 2.24) is 9.99 Å². The average Bonchev–Trinajstić information content (AvgIpc) is 3.02. The molecule has 6 heteroatoms. The molecule has 2 aromatic carbocycles. The van der Waals surface area contributed by atoms with E-state index in [0.29, 0.717) is 0 Å². The Bertz CT molecular complexity index is 1000. The Balaban J connectivity index is 1.66. The Morgan fingerprint density at radius 3 is 2.17 bits per heavy atom. The van der Waals surface area contributed by atoms with E-state index in [-0.39, 0.29) is 12.3 Å². The molecule has 3 rings (SSSR count). The van der Waals surface area contributed by atoms with Crippen molar-refractivity contribution < 1.29 is 14.3 Å². The first-order valence-electron chi connectivity index (χ1n) is 9.30. The second-order valence-electron chi connectivity index (χ2n) is 6.68. The summed E-state index contributed by atoms with van der Waals surface area (Å²) < 4.78 is 12.5. The largest absolute Gasteiger partial charge is 0.497 e. The second kappa shape index (κ2) is 9.10. The Morgan fingerprint density at radius 2 is 1.59 bits per heavy atom. The van der Waals surface area contributed by atoms with Crippen molar-refractivity contribution in [3.63, 3.8) is 0 Å². The molecule has 0 fully saturated rings. The van der Waals surface area contributed by atoms with Crippen molar-refractivity contribution in [3.8, 4) is 17.2 Å². The molecule has 0 aliphatic carbocycles. The summed E-state index contributed by atoms with van der Waals surface area (Å²) >= 11 is 0. The van der Waals surface area contributed by atoms with Crippen molar-refractivity contribution in [3.05, 3.63) is 77.1 Å². The molecule has 0 saturated heterocycles. The van der Waals surface area contributed by atoms with Gasteiger partial charge in [-0.25, -0.2) is 5.43 Å². The zero-order chi connectivity index (χ0) is 20.8. The number of aryl methyl sites for hydroxylation is 1. The first kappa shape index (κ1) is 20.2. The molecular formula is C23H25N3O3. The first-order chi connectivity index (χ1) is 14.0. The highest BCUT2D eigenvalue weighted by atomic mass is 16.5. The predicted octanol–water partition coefficient (Wildman–Crippen LogP) is 3.80. The number of amides is 1. The topological polar surface area (TPSA) is 64.8 Å². The SMILES string of the molecule is COc1ccc(CC(=O)N/N=C\c2cc(C)n(-c3ccc(OC)cc3)c2C)cc1. The minimum atomic E-state index is -0.171. The number of carbonyl (C=O) groups is 1. The molecule has 0 saturated carbocycles. The zero-order valence-corrected chi connectivity index (χ0v) is 17.1. The Morgan fingerprint density at radius 1 is 1.00 bits per heavy atom. The molecular weight excluding hydrogens is 366 g/mol. The summed E-state index contributed by atoms with van der Waals surface area (Å²) in [6, 6.07) is 17.3. The van der Waals surface area contributed by atoms with Crippen LogP contribution in [0.1, 0.15) is 22.5 Å². The first-order valence-corrected chi connectivity index (χ1v) is 9.30. The molecule has 0 unspecified atom stereocenters. The lowest BCUT2D eigenvalue weighted by Crippen LogP contribution is -2.19. The molecule has 1 amide bonds. The van der Waals surface area contributed by atoms with Gasteiger partial charge < -0.3 is 14.0 Å². The molecule has 1 aromatic heterocycles. The molecule has 1 heterocycles. The molecule has 3 aromatic rings. The molecule has 0 aliphatic heterocycles. The van der Waals surface area contributed by atoms with E-state index in [4.69, 9.17) is 9.47 Å². The van der Waals surface area contributed by atoms with Crippen LogP contribution in [0.5, 0.6) is 11.5 Å². The van der Waals surface area contributed by atoms with E-state index in [1.165, 1.54) is 0 Å². The lowest BCUT2D eigenvalue weighted by atomic mass is 10.1. The number of hydrogen-bond acceptors (Lipinski definition) is 4. The number of hydrazone groups is 1. The van der Waals surface area contributed by atoms with Gasteiger partial charge >= 0.3 is 0 Å². The number of nitrogens with zero attached hydrogens (tertiary/aromatic N) is 2. The zero-order valence-electron chi connectivity index (χ0n) is 17.1. The van der Waals surface area contributed by atoms with Crippen LogP contribution in [0.3, 0.4) is 0 Å². The number of aromatic nitrogens is 1. The van der Waals surface area contributed by atoms with Gasteiger partial charge in [0.15, 0.2) is 0 Å². The lowest BCUT2D eigenvalue weighted by molar-refractivity contribution is -0.120. The van der Waals surface area contributed by atoms with Gasteiger partial charge in [-0.15, -0.1) is 0 Å². The van der Waals surface area contributed by atoms with Gasteiger partial charge in [-0.1, -0.05) is 12.1 Å². The van der Waals surface area contributed by atoms with Crippen molar-refractivity contribution in [2.75, 3.05) is 14.2 Å². The van der Waals surface area contributed by atoms with Gasteiger partial charge in [0.25, 0.3) is 0 Å². The summed E-state index contributed by atoms with van der Waals surface area (Å²) in [6.45, 7) is 4.06. The average molecular weight is 391 g/mol. The van der Waals surface area contributed by atoms with Gasteiger partial charge in [0.2, 0.25) is 5.91 Å². The summed E-state index contributed by atoms with van der Waals surface area (Å²) in [5.41, 5.74) is 7.61. The van der Waals surface area contributed by atoms with Crippen LogP contribution < -0.4 is 14.9 Å². The van der Waals surface area contributed by atoms with E-state index < -0.39 is 0 Å². The van der Waals surface area contributed by atoms with Crippen LogP contribution in [-0.2, 0) is 11.2 Å². The van der Waals surface area contributed by atoms with E-state index in [2.05, 4.69) is 15.1 Å². The maximum atomic E-state index is 12.1. The molecule has 150 valence electrons. The highest BCUT2D eigenvalue weighted by Gasteiger charge is 2.10. The fourth-order valence-electron chi connectivity index (χ4n) is 3.19. The predicted molar refractivity (Wildman–Crippen MR) is 114 cm³/mol. The van der Waals surface area contributed by atoms with Crippen LogP contribution in [0.15, 0.2) is 59.7 Å². The van der Waals surface area contributed by atoms with Crippen LogP contribution in [0.25, 0.3) is 5.69 Å². The number of rotatable bonds is 7. The standard InChI is InChI=1S/C23H25N3O3/c1-16-13-19(17(2)26(16)20-7-11-22(29-4)12-8-20)15-24-25-23(27)14-18-5-9-21(28-3)10-6-18/h5-13,15H,14H2,1-4H3,(H,25,27)/b24-15-. The summed E-state index contributed by atoms with van der Waals surface area (Å²) in [6.07, 6.45) is 1.93. The third kappa shape index (κ3) is 4.85. The van der Waals surface area contributed by atoms with Crippen molar-refractivity contribution in [2.24, 2.45) is 5.10 Å². The third-order valence-electron chi connectivity index (χ3n) is 4.72. The van der Waals surface area contributed by atoms with E-state index in [1.54, 1.807) is 20.4 Å². The number of methoxy groups -OCH3 is 2. The molecule has 0 spiro atoms. The maximum Gasteiger partial charge on any atom is 0.244 e. The number of ether oxygens (including phenoxy) is 2. The number of carbonyl (C=O) groups excluding carboxylic acids is 1. The maximum absolute atomic E-state index is 12.1. The van der Waals surface area contributed by atoms with Crippen molar-refractivity contribution >= 4 is 12.1 Å². The van der Waals surface area contributed by atoms with Crippen LogP contribution in [0, 0.1) is 13.8 Å². The Kier molecular flexibility index (Phi) is 6.34. The van der Waals surface area contributed by atoms with Crippen LogP contribution >= 0.6 is 0 Å². The van der Waals surface area contributed by atoms with Gasteiger partial charge in [-0.3, -0.25) is 4.79 Å². The molecule has 6 nitrogen and oxygen atoms in total. The molecule has 0 aliphatic rings. The fourth-order valence-corrected chi connectivity index (χ4v) is 3.19. The third-order valence-corrected chi connectivity index (χ3v) is 4.72. The van der Waals surface area contributed by atoms with Crippen LogP contribution in [0.2, 0.25) is 0 Å². The van der Waals surface area contributed by atoms with Gasteiger partial charge in [-0.2, -0.15) is 5.10 Å². The van der Waals surface area contributed by atoms with Crippen LogP contribution in [0.4, 0.5) is 0 Å². The summed E-state index contributed by atoms with van der Waals surface area (Å²) in [5.74, 6) is 1.41. The van der Waals surface area contributed by atoms with E-state index in [1.807, 2.05) is 68.4 Å². The number of benzene rings is 2. The van der Waals surface area contributed by atoms with E-state index >= 15 is 0 Å². The minimum Gasteiger partial charge on any atom is -0.497 e. The summed E-state index contributed by atoms with van der Waals surface area (Å²) in [4.78, 5) is 12.1. The van der Waals surface area contributed by atoms with Crippen LogP contribution in [-0.4, -0.2) is 30.9 Å². The summed E-state index contributed by atoms with van der Waals surface area (Å²) in [5, 5.41) is 4.13. The smallest absolute Gasteiger partial charge is 0.244 e. The molecule has 1 N–H and O–H groups in total. The second-order valence-corrected chi connectivity index (χ2v) is 6.68. The van der Waals surface area contributed by atoms with Gasteiger partial charge in [0.1, 0.15) is 11.5 Å². The van der Waals surface area contributed by atoms with Crippen molar-refractivity contribution in [1.29, 1.82) is 0 Å². The van der Waals surface area contributed by atoms with Gasteiger partial charge in [0.05, 0.1) is 26.9 Å². The molecule has 0 radical (unpaired) electrons. The monoisotopic (exact) mass is 391 g/mol. The lowest BCUT2D eigenvalue weighted by Gasteiger charge is -2.10. The van der Waals surface area contributed by atoms with E-state index in [9.17, 15) is 4.79 Å². The van der Waals surface area contributed by atoms with Crippen molar-refractivity contribution in [2.45, 2.75) is 20.3 Å². The highest BCUT2D eigenvalue weighted by Crippen LogP contribution is 2.22. The summed E-state index contributed by atoms with van der Waals surface area (Å²) in [7, 11) is 3.26. The highest BCUT2D eigenvalue weighted by molar-refractivity contribution is 5.84. The minimum absolute atomic E-state index is 0.171. The molecule has 0 atom stereocenters. The Hall–Kier alpha value is -3.54. The molecule has 29 heavy (non-hydrogen) atoms. The quantitative estimate of drug-likeness (QED) is 0.492. The normalized spacial score (nSPS) is 10.9. The van der Waals surface area contributed by atoms with Gasteiger partial charge in [0, 0.05) is 22.6 Å². The van der Waals surface area contributed by atoms with Gasteiger partial charge in [-0.05, 0) is 61.9 Å².